The van der Waals surface area contributed by atoms with Crippen molar-refractivity contribution in [3.05, 3.63) is 12.2 Å². The maximum absolute atomic E-state index is 14.6. The van der Waals surface area contributed by atoms with Crippen LogP contribution in [0.2, 0.25) is 0 Å². The Morgan fingerprint density at radius 3 is 2.54 bits per heavy atom. The molecule has 0 unspecified atom stereocenters. The van der Waals surface area contributed by atoms with Gasteiger partial charge in [-0.05, 0) is 69.6 Å². The van der Waals surface area contributed by atoms with Crippen molar-refractivity contribution in [2.45, 2.75) is 69.7 Å². The molecule has 5 amide bonds. The number of fused-ring (bicyclic) bond motifs is 5. The van der Waals surface area contributed by atoms with Gasteiger partial charge in [0.1, 0.15) is 18.1 Å². The Balaban J connectivity index is 1.41. The molecule has 39 heavy (non-hydrogen) atoms. The summed E-state index contributed by atoms with van der Waals surface area (Å²) in [6, 6.07) is -3.28. The first-order valence-electron chi connectivity index (χ1n) is 13.7. The largest absolute Gasteiger partial charge is 0.368 e. The molecule has 5 N–H and O–H groups in total. The van der Waals surface area contributed by atoms with Crippen LogP contribution < -0.4 is 21.7 Å². The molecule has 2 saturated carbocycles. The summed E-state index contributed by atoms with van der Waals surface area (Å²) < 4.78 is 14.6. The van der Waals surface area contributed by atoms with E-state index in [2.05, 4.69) is 34.0 Å². The second-order valence-corrected chi connectivity index (χ2v) is 12.3. The van der Waals surface area contributed by atoms with Gasteiger partial charge in [0.25, 0.3) is 5.91 Å². The molecule has 0 aromatic rings. The Bertz CT molecular complexity index is 1170. The summed E-state index contributed by atoms with van der Waals surface area (Å²) in [4.78, 5) is 66.5. The van der Waals surface area contributed by atoms with Crippen molar-refractivity contribution in [2.75, 3.05) is 13.1 Å². The molecule has 2 heterocycles. The van der Waals surface area contributed by atoms with Gasteiger partial charge in [0.05, 0.1) is 5.41 Å². The fourth-order valence-corrected chi connectivity index (χ4v) is 6.83. The molecule has 0 radical (unpaired) electrons. The fourth-order valence-electron chi connectivity index (χ4n) is 6.83. The molecule has 0 spiro atoms. The fraction of sp³-hybridized carbons (Fsp3) is 0.679. The van der Waals surface area contributed by atoms with E-state index < -0.39 is 58.8 Å². The lowest BCUT2D eigenvalue weighted by molar-refractivity contribution is -0.145. The normalized spacial score (nSPS) is 33.1. The predicted octanol–water partition coefficient (Wildman–Crippen LogP) is -0.222. The second-order valence-electron chi connectivity index (χ2n) is 12.3. The number of nitrogens with one attached hydrogen (secondary N) is 3. The van der Waals surface area contributed by atoms with Crippen molar-refractivity contribution < 1.29 is 28.4 Å². The minimum absolute atomic E-state index is 0.0218. The van der Waals surface area contributed by atoms with Crippen LogP contribution in [0.5, 0.6) is 0 Å². The third-order valence-electron chi connectivity index (χ3n) is 9.40. The van der Waals surface area contributed by atoms with Crippen LogP contribution in [0.1, 0.15) is 46.0 Å². The number of likely N-dealkylation sites (tertiary alicyclic amines) is 1. The summed E-state index contributed by atoms with van der Waals surface area (Å²) in [5.74, 6) is -0.719. The van der Waals surface area contributed by atoms with Crippen LogP contribution in [0.3, 0.4) is 0 Å². The Hall–Kier alpha value is -3.42. The topological polar surface area (TPSA) is 151 Å². The van der Waals surface area contributed by atoms with Crippen molar-refractivity contribution in [1.29, 1.82) is 0 Å². The number of carbonyl (C=O) groups excluding carboxylic acids is 5. The molecule has 5 rings (SSSR count). The summed E-state index contributed by atoms with van der Waals surface area (Å²) in [5, 5.41) is 7.99. The lowest BCUT2D eigenvalue weighted by Crippen LogP contribution is -2.61. The lowest BCUT2D eigenvalue weighted by atomic mass is 9.81. The first-order valence-corrected chi connectivity index (χ1v) is 13.7. The molecule has 3 aliphatic carbocycles. The molecule has 0 aromatic heterocycles. The van der Waals surface area contributed by atoms with Crippen molar-refractivity contribution in [3.63, 3.8) is 0 Å². The van der Waals surface area contributed by atoms with Gasteiger partial charge >= 0.3 is 0 Å². The van der Waals surface area contributed by atoms with E-state index in [4.69, 9.17) is 12.2 Å². The summed E-state index contributed by atoms with van der Waals surface area (Å²) in [7, 11) is 0. The van der Waals surface area contributed by atoms with E-state index in [0.717, 1.165) is 6.42 Å². The maximum atomic E-state index is 14.6. The van der Waals surface area contributed by atoms with Gasteiger partial charge in [0.2, 0.25) is 23.6 Å². The number of alkyl halides is 1. The van der Waals surface area contributed by atoms with Crippen LogP contribution in [0.15, 0.2) is 12.2 Å². The van der Waals surface area contributed by atoms with Crippen molar-refractivity contribution >= 4 is 29.5 Å². The molecular weight excluding hydrogens is 505 g/mol. The molecule has 2 aliphatic heterocycles. The zero-order valence-electron chi connectivity index (χ0n) is 22.2. The van der Waals surface area contributed by atoms with Gasteiger partial charge in [-0.25, -0.2) is 4.39 Å². The number of nitrogens with two attached hydrogens (primary N) is 1. The van der Waals surface area contributed by atoms with Crippen LogP contribution in [-0.2, 0) is 24.0 Å². The first-order chi connectivity index (χ1) is 18.4. The van der Waals surface area contributed by atoms with Crippen LogP contribution in [0.4, 0.5) is 4.39 Å². The molecule has 11 heteroatoms. The number of hydrogen-bond donors (Lipinski definition) is 4. The number of amides is 5. The zero-order valence-corrected chi connectivity index (χ0v) is 22.2. The summed E-state index contributed by atoms with van der Waals surface area (Å²) in [6.07, 6.45) is 11.6. The van der Waals surface area contributed by atoms with Crippen LogP contribution in [0.25, 0.3) is 0 Å². The third kappa shape index (κ3) is 4.79. The third-order valence-corrected chi connectivity index (χ3v) is 9.40. The number of halogens is 1. The summed E-state index contributed by atoms with van der Waals surface area (Å²) in [6.45, 7) is 3.99. The molecule has 8 atom stereocenters. The van der Waals surface area contributed by atoms with Crippen LogP contribution in [-0.4, -0.2) is 71.3 Å². The average Bonchev–Trinajstić information content (AvgIpc) is 3.31. The molecule has 0 aromatic carbocycles. The highest BCUT2D eigenvalue weighted by molar-refractivity contribution is 5.97. The van der Waals surface area contributed by atoms with E-state index in [1.54, 1.807) is 13.8 Å². The van der Waals surface area contributed by atoms with Crippen LogP contribution >= 0.6 is 0 Å². The van der Waals surface area contributed by atoms with Crippen molar-refractivity contribution in [2.24, 2.45) is 40.7 Å². The first kappa shape index (κ1) is 27.2. The number of nitrogens with zero attached hydrogens (tertiary/aromatic N) is 1. The second kappa shape index (κ2) is 9.65. The highest BCUT2D eigenvalue weighted by Crippen LogP contribution is 2.54. The summed E-state index contributed by atoms with van der Waals surface area (Å²) >= 11 is 0. The number of hydrogen-bond acceptors (Lipinski definition) is 5. The van der Waals surface area contributed by atoms with Gasteiger partial charge in [-0.2, -0.15) is 0 Å². The lowest BCUT2D eigenvalue weighted by Gasteiger charge is -2.36. The van der Waals surface area contributed by atoms with E-state index >= 15 is 0 Å². The number of terminal acetylenes is 1. The minimum Gasteiger partial charge on any atom is -0.368 e. The number of primary amides is 1. The van der Waals surface area contributed by atoms with E-state index in [1.807, 2.05) is 0 Å². The minimum atomic E-state index is -2.01. The number of rotatable bonds is 9. The average molecular weight is 542 g/mol. The van der Waals surface area contributed by atoms with Crippen LogP contribution in [0, 0.1) is 47.3 Å². The van der Waals surface area contributed by atoms with Gasteiger partial charge in [0.15, 0.2) is 5.67 Å². The predicted molar refractivity (Wildman–Crippen MR) is 138 cm³/mol. The Morgan fingerprint density at radius 1 is 1.26 bits per heavy atom. The molecule has 210 valence electrons. The zero-order chi connectivity index (χ0) is 28.3. The quantitative estimate of drug-likeness (QED) is 0.235. The van der Waals surface area contributed by atoms with Gasteiger partial charge in [0, 0.05) is 19.0 Å². The standard InChI is InChI=1S/C28H36FN5O5/c1-4-27(2,3)21(33-26(39)28(29)8-9-28)25(38)34-13-17-14-5-6-15(11-14)19(17)20(34)24(37)32-18(22(30)35)12-16-7-10-31-23(16)36/h1,5-6,14-21H,7-13H2,2-3H3,(H2,30,35)(H,31,36)(H,32,37)(H,33,39)/t14-,15+,16+,17-,18+,19+,20+,21-/m1/s1. The molecule has 2 saturated heterocycles. The van der Waals surface area contributed by atoms with E-state index in [0.29, 0.717) is 13.0 Å². The Morgan fingerprint density at radius 2 is 1.95 bits per heavy atom. The van der Waals surface area contributed by atoms with E-state index in [1.165, 1.54) is 4.90 Å². The molecule has 10 nitrogen and oxygen atoms in total. The highest BCUT2D eigenvalue weighted by Gasteiger charge is 2.60. The Labute approximate surface area is 227 Å². The molecule has 5 aliphatic rings. The number of allylic oxidation sites excluding steroid dienone is 2. The van der Waals surface area contributed by atoms with Gasteiger partial charge < -0.3 is 26.6 Å². The maximum Gasteiger partial charge on any atom is 0.258 e. The smallest absolute Gasteiger partial charge is 0.258 e. The van der Waals surface area contributed by atoms with Crippen molar-refractivity contribution in [1.82, 2.24) is 20.9 Å². The van der Waals surface area contributed by atoms with Crippen molar-refractivity contribution in [3.8, 4) is 12.3 Å². The van der Waals surface area contributed by atoms with E-state index in [9.17, 15) is 28.4 Å². The SMILES string of the molecule is C#CC(C)(C)[C@H](NC(=O)C1(F)CC1)C(=O)N1C[C@H]2[C@@H]([C@H]1C(=O)N[C@@H](C[C@@H]1CCNC1=O)C(N)=O)[C@H]1C=C[C@@H]2C1. The van der Waals surface area contributed by atoms with E-state index in [-0.39, 0.29) is 55.4 Å². The summed E-state index contributed by atoms with van der Waals surface area (Å²) in [5.41, 5.74) is 2.44. The monoisotopic (exact) mass is 541 g/mol. The van der Waals surface area contributed by atoms with Gasteiger partial charge in [-0.15, -0.1) is 6.42 Å². The Kier molecular flexibility index (Phi) is 6.72. The number of carbonyl (C=O) groups is 5. The highest BCUT2D eigenvalue weighted by atomic mass is 19.1. The molecule has 4 fully saturated rings. The van der Waals surface area contributed by atoms with Gasteiger partial charge in [-0.1, -0.05) is 18.1 Å². The molecule has 2 bridgehead atoms. The van der Waals surface area contributed by atoms with Gasteiger partial charge in [-0.3, -0.25) is 24.0 Å². The molecular formula is C28H36FN5O5.